The molecule has 0 aromatic heterocycles. The molecule has 3 nitrogen and oxygen atoms in total. The second-order valence-electron chi connectivity index (χ2n) is 6.47. The topological polar surface area (TPSA) is 50.4 Å². The quantitative estimate of drug-likeness (QED) is 0.451. The van der Waals surface area contributed by atoms with Gasteiger partial charge in [0.1, 0.15) is 0 Å². The maximum absolute atomic E-state index is 5.90. The van der Waals surface area contributed by atoms with Gasteiger partial charge in [0.05, 0.1) is 6.54 Å². The average molecular weight is 410 g/mol. The zero-order valence-electron chi connectivity index (χ0n) is 12.8. The molecule has 0 amide bonds. The predicted molar refractivity (Wildman–Crippen MR) is 99.3 cm³/mol. The van der Waals surface area contributed by atoms with Gasteiger partial charge in [0.15, 0.2) is 5.96 Å². The van der Waals surface area contributed by atoms with Crippen molar-refractivity contribution in [2.24, 2.45) is 10.7 Å². The Balaban J connectivity index is 0.00000361. The van der Waals surface area contributed by atoms with Gasteiger partial charge in [-0.15, -0.1) is 24.0 Å². The van der Waals surface area contributed by atoms with Crippen molar-refractivity contribution in [1.82, 2.24) is 5.32 Å². The second-order valence-corrected chi connectivity index (χ2v) is 6.90. The molecule has 0 aliphatic heterocycles. The monoisotopic (exact) mass is 409 g/mol. The summed E-state index contributed by atoms with van der Waals surface area (Å²) in [5.41, 5.74) is 6.94. The predicted octanol–water partition coefficient (Wildman–Crippen LogP) is 3.94. The van der Waals surface area contributed by atoms with Crippen LogP contribution in [0.4, 0.5) is 0 Å². The van der Waals surface area contributed by atoms with Crippen LogP contribution in [-0.2, 0) is 5.41 Å². The number of halogens is 2. The first kappa shape index (κ1) is 19.5. The first-order chi connectivity index (χ1) is 8.60. The molecule has 0 spiro atoms. The Hall–Kier alpha value is -0.490. The number of nitrogens with one attached hydrogen (secondary N) is 1. The molecule has 1 aromatic rings. The van der Waals surface area contributed by atoms with E-state index < -0.39 is 0 Å². The van der Waals surface area contributed by atoms with E-state index in [0.29, 0.717) is 12.5 Å². The lowest BCUT2D eigenvalue weighted by Gasteiger charge is -2.25. The summed E-state index contributed by atoms with van der Waals surface area (Å²) in [7, 11) is 0. The second kappa shape index (κ2) is 7.50. The smallest absolute Gasteiger partial charge is 0.189 e. The summed E-state index contributed by atoms with van der Waals surface area (Å²) in [5, 5.41) is 3.91. The van der Waals surface area contributed by atoms with Crippen LogP contribution >= 0.6 is 35.6 Å². The van der Waals surface area contributed by atoms with E-state index >= 15 is 0 Å². The third-order valence-electron chi connectivity index (χ3n) is 2.77. The van der Waals surface area contributed by atoms with Crippen LogP contribution in [0.5, 0.6) is 0 Å². The number of hydrogen-bond donors (Lipinski definition) is 2. The number of rotatable bonds is 3. The number of guanidine groups is 1. The summed E-state index contributed by atoms with van der Waals surface area (Å²) < 4.78 is 0. The Bertz CT molecular complexity index is 447. The molecule has 0 aliphatic carbocycles. The van der Waals surface area contributed by atoms with Gasteiger partial charge in [0.25, 0.3) is 0 Å². The minimum absolute atomic E-state index is 0. The molecule has 0 radical (unpaired) electrons. The minimum Gasteiger partial charge on any atom is -0.370 e. The van der Waals surface area contributed by atoms with Gasteiger partial charge in [-0.25, -0.2) is 0 Å². The first-order valence-electron chi connectivity index (χ1n) is 6.44. The number of nitrogens with zero attached hydrogens (tertiary/aromatic N) is 1. The SMILES string of the molecule is CC(C)(C)NC(N)=NCC(C)(C)c1ccc(Cl)cc1.I. The summed E-state index contributed by atoms with van der Waals surface area (Å²) in [4.78, 5) is 4.43. The van der Waals surface area contributed by atoms with Crippen molar-refractivity contribution in [2.45, 2.75) is 45.6 Å². The van der Waals surface area contributed by atoms with Crippen LogP contribution < -0.4 is 11.1 Å². The molecule has 0 unspecified atom stereocenters. The Morgan fingerprint density at radius 2 is 1.65 bits per heavy atom. The molecule has 0 saturated carbocycles. The Morgan fingerprint density at radius 3 is 2.10 bits per heavy atom. The largest absolute Gasteiger partial charge is 0.370 e. The molecule has 1 rings (SSSR count). The summed E-state index contributed by atoms with van der Waals surface area (Å²) in [6.45, 7) is 11.1. The Labute approximate surface area is 144 Å². The molecule has 0 bridgehead atoms. The summed E-state index contributed by atoms with van der Waals surface area (Å²) in [6.07, 6.45) is 0. The molecule has 0 saturated heterocycles. The molecule has 20 heavy (non-hydrogen) atoms. The van der Waals surface area contributed by atoms with E-state index in [9.17, 15) is 0 Å². The van der Waals surface area contributed by atoms with Crippen LogP contribution in [-0.4, -0.2) is 18.0 Å². The summed E-state index contributed by atoms with van der Waals surface area (Å²) in [5.74, 6) is 0.481. The van der Waals surface area contributed by atoms with E-state index in [1.54, 1.807) is 0 Å². The highest BCUT2D eigenvalue weighted by molar-refractivity contribution is 14.0. The van der Waals surface area contributed by atoms with Gasteiger partial charge in [-0.3, -0.25) is 4.99 Å². The van der Waals surface area contributed by atoms with Gasteiger partial charge in [-0.05, 0) is 38.5 Å². The van der Waals surface area contributed by atoms with Crippen LogP contribution in [0.1, 0.15) is 40.2 Å². The first-order valence-corrected chi connectivity index (χ1v) is 6.82. The number of nitrogens with two attached hydrogens (primary N) is 1. The van der Waals surface area contributed by atoms with Crippen molar-refractivity contribution >= 4 is 41.5 Å². The van der Waals surface area contributed by atoms with Crippen LogP contribution in [0.25, 0.3) is 0 Å². The zero-order chi connectivity index (χ0) is 14.7. The molecule has 0 atom stereocenters. The van der Waals surface area contributed by atoms with Crippen LogP contribution in [0, 0.1) is 0 Å². The number of aliphatic imine (C=N–C) groups is 1. The third kappa shape index (κ3) is 6.79. The molecule has 0 aliphatic rings. The van der Waals surface area contributed by atoms with Gasteiger partial charge in [0.2, 0.25) is 0 Å². The van der Waals surface area contributed by atoms with Gasteiger partial charge < -0.3 is 11.1 Å². The van der Waals surface area contributed by atoms with Crippen molar-refractivity contribution < 1.29 is 0 Å². The zero-order valence-corrected chi connectivity index (χ0v) is 15.9. The fourth-order valence-corrected chi connectivity index (χ4v) is 1.82. The highest BCUT2D eigenvalue weighted by atomic mass is 127. The number of benzene rings is 1. The molecular weight excluding hydrogens is 385 g/mol. The lowest BCUT2D eigenvalue weighted by atomic mass is 9.85. The maximum atomic E-state index is 5.90. The third-order valence-corrected chi connectivity index (χ3v) is 3.03. The maximum Gasteiger partial charge on any atom is 0.189 e. The molecule has 1 aromatic carbocycles. The normalized spacial score (nSPS) is 12.8. The molecule has 3 N–H and O–H groups in total. The lowest BCUT2D eigenvalue weighted by molar-refractivity contribution is 0.500. The van der Waals surface area contributed by atoms with Crippen molar-refractivity contribution in [3.8, 4) is 0 Å². The highest BCUT2D eigenvalue weighted by Gasteiger charge is 2.20. The van der Waals surface area contributed by atoms with Gasteiger partial charge in [-0.2, -0.15) is 0 Å². The average Bonchev–Trinajstić information content (AvgIpc) is 2.25. The molecule has 5 heteroatoms. The van der Waals surface area contributed by atoms with E-state index in [1.807, 2.05) is 24.3 Å². The fraction of sp³-hybridized carbons (Fsp3) is 0.533. The van der Waals surface area contributed by atoms with Crippen LogP contribution in [0.3, 0.4) is 0 Å². The molecule has 0 heterocycles. The van der Waals surface area contributed by atoms with Crippen molar-refractivity contribution in [2.75, 3.05) is 6.54 Å². The van der Waals surface area contributed by atoms with Crippen LogP contribution in [0.15, 0.2) is 29.3 Å². The fourth-order valence-electron chi connectivity index (χ4n) is 1.70. The minimum atomic E-state index is -0.0746. The van der Waals surface area contributed by atoms with Gasteiger partial charge in [-0.1, -0.05) is 37.6 Å². The van der Waals surface area contributed by atoms with E-state index in [4.69, 9.17) is 17.3 Å². The molecule has 114 valence electrons. The van der Waals surface area contributed by atoms with Gasteiger partial charge >= 0.3 is 0 Å². The Morgan fingerprint density at radius 1 is 1.15 bits per heavy atom. The lowest BCUT2D eigenvalue weighted by Crippen LogP contribution is -2.45. The standard InChI is InChI=1S/C15H24ClN3.HI/c1-14(2,3)19-13(17)18-10-15(4,5)11-6-8-12(16)9-7-11;/h6-9H,10H2,1-5H3,(H3,17,18,19);1H. The van der Waals surface area contributed by atoms with E-state index in [-0.39, 0.29) is 34.9 Å². The molecular formula is C15H25ClIN3. The summed E-state index contributed by atoms with van der Waals surface area (Å²) in [6, 6.07) is 7.87. The van der Waals surface area contributed by atoms with Gasteiger partial charge in [0, 0.05) is 16.0 Å². The van der Waals surface area contributed by atoms with E-state index in [1.165, 1.54) is 5.56 Å². The molecule has 0 fully saturated rings. The summed E-state index contributed by atoms with van der Waals surface area (Å²) >= 11 is 5.90. The van der Waals surface area contributed by atoms with E-state index in [0.717, 1.165) is 5.02 Å². The highest BCUT2D eigenvalue weighted by Crippen LogP contribution is 2.24. The van der Waals surface area contributed by atoms with Crippen LogP contribution in [0.2, 0.25) is 5.02 Å². The number of hydrogen-bond acceptors (Lipinski definition) is 1. The van der Waals surface area contributed by atoms with Crippen molar-refractivity contribution in [1.29, 1.82) is 0 Å². The Kier molecular flexibility index (Phi) is 7.32. The van der Waals surface area contributed by atoms with E-state index in [2.05, 4.69) is 44.9 Å². The van der Waals surface area contributed by atoms with Crippen molar-refractivity contribution in [3.63, 3.8) is 0 Å². The van der Waals surface area contributed by atoms with Crippen molar-refractivity contribution in [3.05, 3.63) is 34.9 Å².